The van der Waals surface area contributed by atoms with E-state index >= 15 is 0 Å². The van der Waals surface area contributed by atoms with E-state index in [1.165, 1.54) is 17.7 Å². The molecule has 0 saturated heterocycles. The Balaban J connectivity index is 1.31. The van der Waals surface area contributed by atoms with Crippen LogP contribution in [0.4, 0.5) is 5.69 Å². The summed E-state index contributed by atoms with van der Waals surface area (Å²) in [5.74, 6) is 3.47. The molecule has 2 aromatic rings. The van der Waals surface area contributed by atoms with Crippen LogP contribution in [-0.2, 0) is 17.6 Å². The highest BCUT2D eigenvalue weighted by molar-refractivity contribution is 5.76. The topological polar surface area (TPSA) is 45.5 Å². The summed E-state index contributed by atoms with van der Waals surface area (Å²) in [6.45, 7) is 2.97. The first-order valence-corrected chi connectivity index (χ1v) is 9.64. The van der Waals surface area contributed by atoms with Crippen LogP contribution in [0, 0.1) is 5.92 Å². The van der Waals surface area contributed by atoms with Crippen molar-refractivity contribution in [2.45, 2.75) is 44.9 Å². The van der Waals surface area contributed by atoms with E-state index in [9.17, 15) is 4.79 Å². The minimum absolute atomic E-state index is 0.102. The largest absolute Gasteiger partial charge is 0.466 e. The monoisotopic (exact) mass is 354 g/mol. The van der Waals surface area contributed by atoms with Gasteiger partial charge < -0.3 is 14.6 Å². The van der Waals surface area contributed by atoms with Crippen LogP contribution in [0.15, 0.2) is 40.8 Å². The first-order chi connectivity index (χ1) is 12.5. The lowest BCUT2D eigenvalue weighted by molar-refractivity contribution is -0.121. The normalized spacial score (nSPS) is 18.6. The van der Waals surface area contributed by atoms with Crippen molar-refractivity contribution in [3.63, 3.8) is 0 Å². The summed E-state index contributed by atoms with van der Waals surface area (Å²) in [6, 6.07) is 12.7. The van der Waals surface area contributed by atoms with Gasteiger partial charge in [0, 0.05) is 45.1 Å². The fourth-order valence-electron chi connectivity index (χ4n) is 3.25. The van der Waals surface area contributed by atoms with E-state index in [-0.39, 0.29) is 5.91 Å². The molecule has 1 aliphatic rings. The minimum atomic E-state index is 0.102. The minimum Gasteiger partial charge on any atom is -0.466 e. The lowest BCUT2D eigenvalue weighted by Crippen LogP contribution is -2.24. The van der Waals surface area contributed by atoms with E-state index in [1.54, 1.807) is 0 Å². The highest BCUT2D eigenvalue weighted by atomic mass is 16.3. The van der Waals surface area contributed by atoms with Gasteiger partial charge >= 0.3 is 0 Å². The molecule has 1 fully saturated rings. The van der Waals surface area contributed by atoms with Crippen molar-refractivity contribution in [1.82, 2.24) is 5.32 Å². The number of aryl methyl sites for hydroxylation is 2. The Morgan fingerprint density at radius 3 is 2.54 bits per heavy atom. The molecule has 1 heterocycles. The number of rotatable bonds is 9. The second-order valence-corrected chi connectivity index (χ2v) is 7.64. The molecule has 140 valence electrons. The molecule has 1 aliphatic carbocycles. The van der Waals surface area contributed by atoms with Gasteiger partial charge in [-0.05, 0) is 55.0 Å². The first-order valence-electron chi connectivity index (χ1n) is 9.64. The predicted molar refractivity (Wildman–Crippen MR) is 106 cm³/mol. The molecule has 1 aromatic carbocycles. The molecule has 3 rings (SSSR count). The number of carbonyl (C=O) groups is 1. The highest BCUT2D eigenvalue weighted by Gasteiger charge is 2.36. The fourth-order valence-corrected chi connectivity index (χ4v) is 3.25. The van der Waals surface area contributed by atoms with Crippen molar-refractivity contribution in [2.24, 2.45) is 5.92 Å². The van der Waals surface area contributed by atoms with Crippen LogP contribution in [0.5, 0.6) is 0 Å². The second kappa shape index (κ2) is 8.43. The number of benzene rings is 1. The van der Waals surface area contributed by atoms with Crippen molar-refractivity contribution < 1.29 is 9.21 Å². The standard InChI is InChI=1S/C22H30N2O2/c1-16-15-20(16)21-12-10-19(26-21)11-13-22(25)23-14-4-5-17-6-8-18(9-7-17)24(2)3/h6-10,12,16,20H,4-5,11,13-15H2,1-3H3,(H,23,25). The maximum Gasteiger partial charge on any atom is 0.220 e. The van der Waals surface area contributed by atoms with Crippen molar-refractivity contribution >= 4 is 11.6 Å². The van der Waals surface area contributed by atoms with Crippen LogP contribution < -0.4 is 10.2 Å². The number of nitrogens with one attached hydrogen (secondary N) is 1. The Hall–Kier alpha value is -2.23. The Labute approximate surface area is 156 Å². The molecule has 4 nitrogen and oxygen atoms in total. The van der Waals surface area contributed by atoms with Crippen LogP contribution in [-0.4, -0.2) is 26.5 Å². The number of furan rings is 1. The first kappa shape index (κ1) is 18.6. The molecule has 1 N–H and O–H groups in total. The predicted octanol–water partition coefficient (Wildman–Crippen LogP) is 4.15. The Kier molecular flexibility index (Phi) is 6.02. The van der Waals surface area contributed by atoms with E-state index in [0.717, 1.165) is 36.8 Å². The van der Waals surface area contributed by atoms with Crippen molar-refractivity contribution in [2.75, 3.05) is 25.5 Å². The lowest BCUT2D eigenvalue weighted by Gasteiger charge is -2.12. The third kappa shape index (κ3) is 5.13. The van der Waals surface area contributed by atoms with Gasteiger partial charge in [0.25, 0.3) is 0 Å². The average Bonchev–Trinajstić information content (AvgIpc) is 3.17. The molecule has 0 radical (unpaired) electrons. The zero-order valence-corrected chi connectivity index (χ0v) is 16.1. The van der Waals surface area contributed by atoms with E-state index in [0.29, 0.717) is 18.8 Å². The van der Waals surface area contributed by atoms with E-state index in [1.807, 2.05) is 20.2 Å². The summed E-state index contributed by atoms with van der Waals surface area (Å²) in [4.78, 5) is 14.1. The van der Waals surface area contributed by atoms with E-state index in [4.69, 9.17) is 4.42 Å². The molecule has 4 heteroatoms. The molecular formula is C22H30N2O2. The quantitative estimate of drug-likeness (QED) is 0.688. The molecule has 0 bridgehead atoms. The SMILES string of the molecule is CC1CC1c1ccc(CCC(=O)NCCCc2ccc(N(C)C)cc2)o1. The molecule has 26 heavy (non-hydrogen) atoms. The van der Waals surface area contributed by atoms with Gasteiger partial charge in [-0.15, -0.1) is 0 Å². The van der Waals surface area contributed by atoms with Gasteiger partial charge in [0.05, 0.1) is 0 Å². The van der Waals surface area contributed by atoms with Gasteiger partial charge in [-0.3, -0.25) is 4.79 Å². The van der Waals surface area contributed by atoms with Crippen LogP contribution in [0.2, 0.25) is 0 Å². The zero-order chi connectivity index (χ0) is 18.5. The van der Waals surface area contributed by atoms with Gasteiger partial charge in [-0.1, -0.05) is 19.1 Å². The summed E-state index contributed by atoms with van der Waals surface area (Å²) in [5, 5.41) is 3.01. The average molecular weight is 354 g/mol. The zero-order valence-electron chi connectivity index (χ0n) is 16.1. The van der Waals surface area contributed by atoms with Crippen molar-refractivity contribution in [1.29, 1.82) is 0 Å². The van der Waals surface area contributed by atoms with E-state index < -0.39 is 0 Å². The molecule has 2 atom stereocenters. The van der Waals surface area contributed by atoms with Crippen LogP contribution in [0.3, 0.4) is 0 Å². The van der Waals surface area contributed by atoms with Gasteiger partial charge in [0.15, 0.2) is 0 Å². The number of carbonyl (C=O) groups excluding carboxylic acids is 1. The number of anilines is 1. The van der Waals surface area contributed by atoms with Crippen LogP contribution >= 0.6 is 0 Å². The van der Waals surface area contributed by atoms with Gasteiger partial charge in [0.2, 0.25) is 5.91 Å². The maximum atomic E-state index is 12.0. The molecule has 1 saturated carbocycles. The molecule has 0 aliphatic heterocycles. The Bertz CT molecular complexity index is 718. The number of nitrogens with zero attached hydrogens (tertiary/aromatic N) is 1. The van der Waals surface area contributed by atoms with Crippen LogP contribution in [0.25, 0.3) is 0 Å². The number of hydrogen-bond acceptors (Lipinski definition) is 3. The molecule has 1 aromatic heterocycles. The molecule has 1 amide bonds. The summed E-state index contributed by atoms with van der Waals surface area (Å²) in [6.07, 6.45) is 4.33. The Morgan fingerprint density at radius 1 is 1.15 bits per heavy atom. The number of amides is 1. The lowest BCUT2D eigenvalue weighted by atomic mass is 10.1. The van der Waals surface area contributed by atoms with Crippen molar-refractivity contribution in [3.8, 4) is 0 Å². The molecular weight excluding hydrogens is 324 g/mol. The summed E-state index contributed by atoms with van der Waals surface area (Å²) in [7, 11) is 4.08. The van der Waals surface area contributed by atoms with Crippen LogP contribution in [0.1, 0.15) is 49.2 Å². The molecule has 2 unspecified atom stereocenters. The van der Waals surface area contributed by atoms with Gasteiger partial charge in [-0.2, -0.15) is 0 Å². The summed E-state index contributed by atoms with van der Waals surface area (Å²) < 4.78 is 5.85. The third-order valence-electron chi connectivity index (χ3n) is 5.17. The second-order valence-electron chi connectivity index (χ2n) is 7.64. The third-order valence-corrected chi connectivity index (χ3v) is 5.17. The highest BCUT2D eigenvalue weighted by Crippen LogP contribution is 2.47. The maximum absolute atomic E-state index is 12.0. The van der Waals surface area contributed by atoms with Gasteiger partial charge in [0.1, 0.15) is 11.5 Å². The molecule has 0 spiro atoms. The fraction of sp³-hybridized carbons (Fsp3) is 0.500. The Morgan fingerprint density at radius 2 is 1.88 bits per heavy atom. The van der Waals surface area contributed by atoms with Gasteiger partial charge in [-0.25, -0.2) is 0 Å². The summed E-state index contributed by atoms with van der Waals surface area (Å²) in [5.41, 5.74) is 2.52. The smallest absolute Gasteiger partial charge is 0.220 e. The van der Waals surface area contributed by atoms with E-state index in [2.05, 4.69) is 47.5 Å². The van der Waals surface area contributed by atoms with Crippen molar-refractivity contribution in [3.05, 3.63) is 53.5 Å². The number of hydrogen-bond donors (Lipinski definition) is 1. The summed E-state index contributed by atoms with van der Waals surface area (Å²) >= 11 is 0.